The van der Waals surface area contributed by atoms with Gasteiger partial charge in [-0.25, -0.2) is 0 Å². The van der Waals surface area contributed by atoms with E-state index in [9.17, 15) is 0 Å². The molecule has 0 amide bonds. The first kappa shape index (κ1) is 12.6. The Labute approximate surface area is 106 Å². The maximum Gasteiger partial charge on any atom is 0.0205 e. The highest BCUT2D eigenvalue weighted by Crippen LogP contribution is 2.28. The van der Waals surface area contributed by atoms with Gasteiger partial charge in [-0.15, -0.1) is 0 Å². The van der Waals surface area contributed by atoms with Gasteiger partial charge < -0.3 is 5.32 Å². The van der Waals surface area contributed by atoms with Gasteiger partial charge in [-0.3, -0.25) is 0 Å². The van der Waals surface area contributed by atoms with E-state index in [4.69, 9.17) is 0 Å². The van der Waals surface area contributed by atoms with Crippen molar-refractivity contribution in [3.63, 3.8) is 0 Å². The molecule has 1 heteroatoms. The number of nitrogens with one attached hydrogen (secondary N) is 1. The summed E-state index contributed by atoms with van der Waals surface area (Å²) < 4.78 is 0. The van der Waals surface area contributed by atoms with Crippen LogP contribution in [0.15, 0.2) is 24.3 Å². The van der Waals surface area contributed by atoms with Crippen LogP contribution in [0.1, 0.15) is 49.7 Å². The molecule has 1 aromatic rings. The molecular formula is C16H25N. The Hall–Kier alpha value is -0.820. The second kappa shape index (κ2) is 6.80. The Bertz CT molecular complexity index is 309. The maximum absolute atomic E-state index is 3.55. The average Bonchev–Trinajstić information content (AvgIpc) is 2.84. The second-order valence-electron chi connectivity index (χ2n) is 5.46. The first-order valence-corrected chi connectivity index (χ1v) is 7.11. The zero-order valence-electron chi connectivity index (χ0n) is 11.0. The van der Waals surface area contributed by atoms with Crippen LogP contribution >= 0.6 is 0 Å². The van der Waals surface area contributed by atoms with Crippen LogP contribution in [0.4, 0.5) is 0 Å². The number of aryl methyl sites for hydroxylation is 1. The summed E-state index contributed by atoms with van der Waals surface area (Å²) in [6.07, 6.45) is 8.69. The molecule has 0 unspecified atom stereocenters. The van der Waals surface area contributed by atoms with Gasteiger partial charge in [0.2, 0.25) is 0 Å². The zero-order valence-corrected chi connectivity index (χ0v) is 11.0. The highest BCUT2D eigenvalue weighted by molar-refractivity contribution is 5.20. The molecule has 1 fully saturated rings. The van der Waals surface area contributed by atoms with Crippen LogP contribution < -0.4 is 5.32 Å². The van der Waals surface area contributed by atoms with Gasteiger partial charge >= 0.3 is 0 Å². The highest BCUT2D eigenvalue weighted by Gasteiger charge is 2.13. The molecule has 17 heavy (non-hydrogen) atoms. The van der Waals surface area contributed by atoms with E-state index in [1.54, 1.807) is 0 Å². The molecule has 0 aliphatic heterocycles. The van der Waals surface area contributed by atoms with Gasteiger partial charge in [0, 0.05) is 6.54 Å². The molecule has 1 nitrogen and oxygen atoms in total. The van der Waals surface area contributed by atoms with Gasteiger partial charge in [-0.2, -0.15) is 0 Å². The molecule has 1 aliphatic rings. The predicted molar refractivity (Wildman–Crippen MR) is 74.1 cm³/mol. The van der Waals surface area contributed by atoms with E-state index in [0.717, 1.165) is 12.5 Å². The van der Waals surface area contributed by atoms with Crippen LogP contribution in [-0.2, 0) is 6.54 Å². The van der Waals surface area contributed by atoms with E-state index < -0.39 is 0 Å². The minimum Gasteiger partial charge on any atom is -0.313 e. The van der Waals surface area contributed by atoms with Crippen molar-refractivity contribution in [2.75, 3.05) is 6.54 Å². The summed E-state index contributed by atoms with van der Waals surface area (Å²) in [7, 11) is 0. The van der Waals surface area contributed by atoms with Gasteiger partial charge in [0.05, 0.1) is 0 Å². The molecular weight excluding hydrogens is 206 g/mol. The predicted octanol–water partition coefficient (Wildman–Crippen LogP) is 4.06. The van der Waals surface area contributed by atoms with Gasteiger partial charge in [0.25, 0.3) is 0 Å². The smallest absolute Gasteiger partial charge is 0.0205 e. The molecule has 0 saturated heterocycles. The molecule has 0 heterocycles. The van der Waals surface area contributed by atoms with E-state index in [2.05, 4.69) is 36.5 Å². The second-order valence-corrected chi connectivity index (χ2v) is 5.46. The summed E-state index contributed by atoms with van der Waals surface area (Å²) in [5.41, 5.74) is 2.74. The van der Waals surface area contributed by atoms with E-state index in [-0.39, 0.29) is 0 Å². The van der Waals surface area contributed by atoms with Crippen molar-refractivity contribution in [3.05, 3.63) is 35.4 Å². The van der Waals surface area contributed by atoms with Crippen molar-refractivity contribution < 1.29 is 0 Å². The fraction of sp³-hybridized carbons (Fsp3) is 0.625. The molecule has 1 N–H and O–H groups in total. The van der Waals surface area contributed by atoms with Crippen molar-refractivity contribution >= 4 is 0 Å². The molecule has 1 aromatic carbocycles. The summed E-state index contributed by atoms with van der Waals surface area (Å²) in [5, 5.41) is 3.55. The number of hydrogen-bond acceptors (Lipinski definition) is 1. The van der Waals surface area contributed by atoms with E-state index >= 15 is 0 Å². The number of rotatable bonds is 6. The summed E-state index contributed by atoms with van der Waals surface area (Å²) in [5.74, 6) is 1.04. The van der Waals surface area contributed by atoms with Crippen molar-refractivity contribution in [1.29, 1.82) is 0 Å². The van der Waals surface area contributed by atoms with Crippen LogP contribution in [0.3, 0.4) is 0 Å². The molecule has 0 bridgehead atoms. The van der Waals surface area contributed by atoms with Crippen LogP contribution in [-0.4, -0.2) is 6.54 Å². The van der Waals surface area contributed by atoms with Crippen molar-refractivity contribution in [2.24, 2.45) is 5.92 Å². The van der Waals surface area contributed by atoms with E-state index in [0.29, 0.717) is 0 Å². The fourth-order valence-corrected chi connectivity index (χ4v) is 2.75. The van der Waals surface area contributed by atoms with Crippen LogP contribution in [0.2, 0.25) is 0 Å². The van der Waals surface area contributed by atoms with Gasteiger partial charge in [0.15, 0.2) is 0 Å². The van der Waals surface area contributed by atoms with Crippen LogP contribution in [0, 0.1) is 12.8 Å². The standard InChI is InChI=1S/C16H25N/c1-14-8-10-16(11-9-14)13-17-12-4-7-15-5-2-3-6-15/h8-11,15,17H,2-7,12-13H2,1H3. The highest BCUT2D eigenvalue weighted by atomic mass is 14.8. The lowest BCUT2D eigenvalue weighted by Gasteiger charge is -2.09. The number of benzene rings is 1. The number of hydrogen-bond donors (Lipinski definition) is 1. The van der Waals surface area contributed by atoms with Gasteiger partial charge in [-0.1, -0.05) is 55.5 Å². The monoisotopic (exact) mass is 231 g/mol. The lowest BCUT2D eigenvalue weighted by molar-refractivity contribution is 0.470. The van der Waals surface area contributed by atoms with Crippen LogP contribution in [0.5, 0.6) is 0 Å². The largest absolute Gasteiger partial charge is 0.313 e. The molecule has 0 spiro atoms. The Morgan fingerprint density at radius 2 is 1.82 bits per heavy atom. The SMILES string of the molecule is Cc1ccc(CNCCCC2CCCC2)cc1. The molecule has 1 aliphatic carbocycles. The third-order valence-electron chi connectivity index (χ3n) is 3.89. The van der Waals surface area contributed by atoms with Crippen molar-refractivity contribution in [3.8, 4) is 0 Å². The van der Waals surface area contributed by atoms with Crippen LogP contribution in [0.25, 0.3) is 0 Å². The molecule has 94 valence electrons. The minimum absolute atomic E-state index is 1.02. The normalized spacial score (nSPS) is 16.5. The summed E-state index contributed by atoms with van der Waals surface area (Å²) in [4.78, 5) is 0. The Balaban J connectivity index is 1.55. The third kappa shape index (κ3) is 4.51. The van der Waals surface area contributed by atoms with Gasteiger partial charge in [-0.05, 0) is 37.8 Å². The summed E-state index contributed by atoms with van der Waals surface area (Å²) >= 11 is 0. The Kier molecular flexibility index (Phi) is 5.06. The average molecular weight is 231 g/mol. The van der Waals surface area contributed by atoms with Gasteiger partial charge in [0.1, 0.15) is 0 Å². The van der Waals surface area contributed by atoms with E-state index in [1.165, 1.54) is 56.2 Å². The van der Waals surface area contributed by atoms with E-state index in [1.807, 2.05) is 0 Å². The summed E-state index contributed by atoms with van der Waals surface area (Å²) in [6, 6.07) is 8.82. The lowest BCUT2D eigenvalue weighted by Crippen LogP contribution is -2.15. The molecule has 0 atom stereocenters. The topological polar surface area (TPSA) is 12.0 Å². The minimum atomic E-state index is 1.02. The van der Waals surface area contributed by atoms with Crippen molar-refractivity contribution in [1.82, 2.24) is 5.32 Å². The quantitative estimate of drug-likeness (QED) is 0.728. The molecule has 1 saturated carbocycles. The Morgan fingerprint density at radius 3 is 2.53 bits per heavy atom. The van der Waals surface area contributed by atoms with Crippen molar-refractivity contribution in [2.45, 2.75) is 52.0 Å². The first-order valence-electron chi connectivity index (χ1n) is 7.11. The zero-order chi connectivity index (χ0) is 11.9. The third-order valence-corrected chi connectivity index (χ3v) is 3.89. The maximum atomic E-state index is 3.55. The summed E-state index contributed by atoms with van der Waals surface area (Å²) in [6.45, 7) is 4.33. The molecule has 0 radical (unpaired) electrons. The lowest BCUT2D eigenvalue weighted by atomic mass is 10.0. The molecule has 2 rings (SSSR count). The molecule has 0 aromatic heterocycles. The fourth-order valence-electron chi connectivity index (χ4n) is 2.75. The first-order chi connectivity index (χ1) is 8.34. The Morgan fingerprint density at radius 1 is 1.12 bits per heavy atom.